The second-order valence-corrected chi connectivity index (χ2v) is 5.46. The third kappa shape index (κ3) is 1.74. The Morgan fingerprint density at radius 2 is 1.90 bits per heavy atom. The number of fused-ring (bicyclic) bond motifs is 1. The smallest absolute Gasteiger partial charge is 0.140 e. The van der Waals surface area contributed by atoms with Crippen LogP contribution < -0.4 is 5.32 Å². The molecule has 2 aromatic carbocycles. The Morgan fingerprint density at radius 1 is 1.10 bits per heavy atom. The van der Waals surface area contributed by atoms with Crippen LogP contribution in [0.1, 0.15) is 11.5 Å². The predicted molar refractivity (Wildman–Crippen MR) is 81.8 cm³/mol. The molecule has 0 aliphatic carbocycles. The van der Waals surface area contributed by atoms with Crippen molar-refractivity contribution in [2.45, 2.75) is 5.92 Å². The third-order valence-electron chi connectivity index (χ3n) is 4.19. The van der Waals surface area contributed by atoms with Gasteiger partial charge >= 0.3 is 0 Å². The first-order valence-electron chi connectivity index (χ1n) is 7.05. The lowest BCUT2D eigenvalue weighted by Gasteiger charge is -2.27. The summed E-state index contributed by atoms with van der Waals surface area (Å²) < 4.78 is 2.19. The fraction of sp³-hybridized carbons (Fsp3) is 0.235. The Bertz CT molecular complexity index is 755. The minimum atomic E-state index is 0.662. The maximum absolute atomic E-state index is 4.77. The molecular weight excluding hydrogens is 246 g/mol. The summed E-state index contributed by atoms with van der Waals surface area (Å²) in [5.74, 6) is 1.69. The van der Waals surface area contributed by atoms with Gasteiger partial charge in [-0.2, -0.15) is 0 Å². The van der Waals surface area contributed by atoms with Gasteiger partial charge in [0.15, 0.2) is 0 Å². The van der Waals surface area contributed by atoms with E-state index in [4.69, 9.17) is 4.98 Å². The summed E-state index contributed by atoms with van der Waals surface area (Å²) in [4.78, 5) is 4.77. The van der Waals surface area contributed by atoms with Crippen LogP contribution in [0, 0.1) is 0 Å². The molecule has 1 fully saturated rings. The van der Waals surface area contributed by atoms with Crippen LogP contribution in [0.25, 0.3) is 22.4 Å². The van der Waals surface area contributed by atoms with Crippen molar-refractivity contribution < 1.29 is 0 Å². The van der Waals surface area contributed by atoms with Gasteiger partial charge in [-0.1, -0.05) is 36.4 Å². The molecule has 100 valence electrons. The van der Waals surface area contributed by atoms with E-state index in [1.807, 2.05) is 6.07 Å². The Labute approximate surface area is 118 Å². The van der Waals surface area contributed by atoms with Crippen LogP contribution in [-0.2, 0) is 7.05 Å². The number of benzene rings is 2. The largest absolute Gasteiger partial charge is 0.327 e. The van der Waals surface area contributed by atoms with Gasteiger partial charge in [0.05, 0.1) is 11.0 Å². The summed E-state index contributed by atoms with van der Waals surface area (Å²) in [6.45, 7) is 2.18. The summed E-state index contributed by atoms with van der Waals surface area (Å²) in [7, 11) is 2.10. The average molecular weight is 263 g/mol. The van der Waals surface area contributed by atoms with Crippen LogP contribution >= 0.6 is 0 Å². The van der Waals surface area contributed by atoms with Crippen molar-refractivity contribution in [3.63, 3.8) is 0 Å². The van der Waals surface area contributed by atoms with Crippen LogP contribution in [0.2, 0.25) is 0 Å². The minimum absolute atomic E-state index is 0.662. The standard InChI is InChI=1S/C17H17N3/c1-20-16-9-13(14-10-18-11-14)7-8-15(16)19-17(20)12-5-3-2-4-6-12/h2-9,14,18H,10-11H2,1H3. The van der Waals surface area contributed by atoms with Gasteiger partial charge in [-0.3, -0.25) is 0 Å². The Balaban J connectivity index is 1.86. The molecule has 2 heterocycles. The molecule has 0 bridgehead atoms. The molecule has 1 aliphatic heterocycles. The van der Waals surface area contributed by atoms with Crippen LogP contribution in [-0.4, -0.2) is 22.6 Å². The normalized spacial score (nSPS) is 15.4. The van der Waals surface area contributed by atoms with E-state index in [2.05, 4.69) is 59.4 Å². The van der Waals surface area contributed by atoms with E-state index in [0.29, 0.717) is 5.92 Å². The molecule has 3 heteroatoms. The number of hydrogen-bond donors (Lipinski definition) is 1. The molecule has 0 amide bonds. The summed E-state index contributed by atoms with van der Waals surface area (Å²) in [5, 5.41) is 3.33. The summed E-state index contributed by atoms with van der Waals surface area (Å²) in [6, 6.07) is 17.0. The second kappa shape index (κ2) is 4.46. The number of rotatable bonds is 2. The molecule has 0 unspecified atom stereocenters. The van der Waals surface area contributed by atoms with E-state index in [-0.39, 0.29) is 0 Å². The van der Waals surface area contributed by atoms with Crippen LogP contribution in [0.15, 0.2) is 48.5 Å². The highest BCUT2D eigenvalue weighted by molar-refractivity contribution is 5.81. The Kier molecular flexibility index (Phi) is 2.60. The number of aryl methyl sites for hydroxylation is 1. The molecule has 0 radical (unpaired) electrons. The lowest BCUT2D eigenvalue weighted by Crippen LogP contribution is -2.39. The number of nitrogens with zero attached hydrogens (tertiary/aromatic N) is 2. The first kappa shape index (κ1) is 11.7. The van der Waals surface area contributed by atoms with Crippen LogP contribution in [0.5, 0.6) is 0 Å². The number of hydrogen-bond acceptors (Lipinski definition) is 2. The maximum Gasteiger partial charge on any atom is 0.140 e. The van der Waals surface area contributed by atoms with Crippen LogP contribution in [0.3, 0.4) is 0 Å². The Hall–Kier alpha value is -2.13. The minimum Gasteiger partial charge on any atom is -0.327 e. The van der Waals surface area contributed by atoms with E-state index >= 15 is 0 Å². The molecule has 0 saturated carbocycles. The van der Waals surface area contributed by atoms with Crippen molar-refractivity contribution in [3.8, 4) is 11.4 Å². The van der Waals surface area contributed by atoms with Crippen LogP contribution in [0.4, 0.5) is 0 Å². The molecule has 4 rings (SSSR count). The Morgan fingerprint density at radius 3 is 2.60 bits per heavy atom. The molecule has 20 heavy (non-hydrogen) atoms. The molecule has 0 atom stereocenters. The van der Waals surface area contributed by atoms with E-state index < -0.39 is 0 Å². The summed E-state index contributed by atoms with van der Waals surface area (Å²) in [6.07, 6.45) is 0. The number of nitrogens with one attached hydrogen (secondary N) is 1. The van der Waals surface area contributed by atoms with Gasteiger partial charge in [-0.05, 0) is 17.7 Å². The SMILES string of the molecule is Cn1c(-c2ccccc2)nc2ccc(C3CNC3)cc21. The average Bonchev–Trinajstić information content (AvgIpc) is 2.75. The fourth-order valence-corrected chi connectivity index (χ4v) is 2.83. The van der Waals surface area contributed by atoms with Gasteiger partial charge in [0.25, 0.3) is 0 Å². The molecule has 0 spiro atoms. The number of aromatic nitrogens is 2. The van der Waals surface area contributed by atoms with Gasteiger partial charge in [0, 0.05) is 31.6 Å². The molecule has 1 N–H and O–H groups in total. The van der Waals surface area contributed by atoms with E-state index in [9.17, 15) is 0 Å². The highest BCUT2D eigenvalue weighted by atomic mass is 15.1. The molecule has 1 aromatic heterocycles. The lowest BCUT2D eigenvalue weighted by molar-refractivity contribution is 0.448. The molecular formula is C17H17N3. The highest BCUT2D eigenvalue weighted by Crippen LogP contribution is 2.27. The molecule has 3 nitrogen and oxygen atoms in total. The fourth-order valence-electron chi connectivity index (χ4n) is 2.83. The predicted octanol–water partition coefficient (Wildman–Crippen LogP) is 2.93. The first-order valence-corrected chi connectivity index (χ1v) is 7.05. The summed E-state index contributed by atoms with van der Waals surface area (Å²) in [5.41, 5.74) is 4.87. The zero-order valence-electron chi connectivity index (χ0n) is 11.5. The van der Waals surface area contributed by atoms with Crippen molar-refractivity contribution in [2.75, 3.05) is 13.1 Å². The second-order valence-electron chi connectivity index (χ2n) is 5.46. The first-order chi connectivity index (χ1) is 9.83. The highest BCUT2D eigenvalue weighted by Gasteiger charge is 2.20. The van der Waals surface area contributed by atoms with Crippen molar-refractivity contribution >= 4 is 11.0 Å². The topological polar surface area (TPSA) is 29.9 Å². The van der Waals surface area contributed by atoms with Gasteiger partial charge in [-0.25, -0.2) is 4.98 Å². The maximum atomic E-state index is 4.77. The van der Waals surface area contributed by atoms with Crippen molar-refractivity contribution in [1.29, 1.82) is 0 Å². The zero-order chi connectivity index (χ0) is 13.5. The van der Waals surface area contributed by atoms with Crippen molar-refractivity contribution in [3.05, 3.63) is 54.1 Å². The van der Waals surface area contributed by atoms with Crippen molar-refractivity contribution in [2.24, 2.45) is 7.05 Å². The quantitative estimate of drug-likeness (QED) is 0.770. The third-order valence-corrected chi connectivity index (χ3v) is 4.19. The van der Waals surface area contributed by atoms with E-state index in [1.54, 1.807) is 0 Å². The zero-order valence-corrected chi connectivity index (χ0v) is 11.5. The molecule has 1 saturated heterocycles. The van der Waals surface area contributed by atoms with E-state index in [1.165, 1.54) is 11.1 Å². The lowest BCUT2D eigenvalue weighted by atomic mass is 9.93. The van der Waals surface area contributed by atoms with Gasteiger partial charge in [-0.15, -0.1) is 0 Å². The monoisotopic (exact) mass is 263 g/mol. The van der Waals surface area contributed by atoms with E-state index in [0.717, 1.165) is 30.0 Å². The summed E-state index contributed by atoms with van der Waals surface area (Å²) >= 11 is 0. The number of imidazole rings is 1. The van der Waals surface area contributed by atoms with Crippen molar-refractivity contribution in [1.82, 2.24) is 14.9 Å². The molecule has 3 aromatic rings. The van der Waals surface area contributed by atoms with Gasteiger partial charge in [0.2, 0.25) is 0 Å². The van der Waals surface area contributed by atoms with Gasteiger partial charge in [0.1, 0.15) is 5.82 Å². The van der Waals surface area contributed by atoms with Gasteiger partial charge < -0.3 is 9.88 Å². The molecule has 1 aliphatic rings.